The molecule has 0 aromatic carbocycles. The summed E-state index contributed by atoms with van der Waals surface area (Å²) in [7, 11) is 0. The Labute approximate surface area is 351 Å². The molecule has 0 aliphatic carbocycles. The van der Waals surface area contributed by atoms with Gasteiger partial charge in [0, 0.05) is 19.3 Å². The summed E-state index contributed by atoms with van der Waals surface area (Å²) in [4.78, 5) is 37.7. The van der Waals surface area contributed by atoms with Gasteiger partial charge in [0.2, 0.25) is 0 Å². The lowest BCUT2D eigenvalue weighted by Gasteiger charge is -2.18. The van der Waals surface area contributed by atoms with Crippen molar-refractivity contribution in [2.45, 2.75) is 219 Å². The van der Waals surface area contributed by atoms with E-state index in [0.717, 1.165) is 128 Å². The molecule has 0 aromatic rings. The van der Waals surface area contributed by atoms with Gasteiger partial charge < -0.3 is 14.2 Å². The molecule has 1 atom stereocenters. The predicted octanol–water partition coefficient (Wildman–Crippen LogP) is 15.1. The molecule has 0 heterocycles. The molecular weight excluding hydrogens is 709 g/mol. The molecule has 0 bridgehead atoms. The Kier molecular flexibility index (Phi) is 43.0. The third kappa shape index (κ3) is 43.8. The fourth-order valence-electron chi connectivity index (χ4n) is 6.10. The minimum atomic E-state index is -0.789. The molecule has 0 saturated heterocycles. The smallest absolute Gasteiger partial charge is 0.306 e. The summed E-state index contributed by atoms with van der Waals surface area (Å²) in [5.41, 5.74) is 0. The van der Waals surface area contributed by atoms with Crippen molar-refractivity contribution in [3.63, 3.8) is 0 Å². The molecule has 0 N–H and O–H groups in total. The van der Waals surface area contributed by atoms with Crippen LogP contribution in [0, 0.1) is 0 Å². The second-order valence-electron chi connectivity index (χ2n) is 15.3. The number of rotatable bonds is 41. The first kappa shape index (κ1) is 53.9. The van der Waals surface area contributed by atoms with Crippen molar-refractivity contribution in [3.8, 4) is 0 Å². The van der Waals surface area contributed by atoms with Gasteiger partial charge in [-0.15, -0.1) is 0 Å². The molecule has 0 spiro atoms. The van der Waals surface area contributed by atoms with Crippen LogP contribution in [-0.2, 0) is 28.6 Å². The van der Waals surface area contributed by atoms with Crippen molar-refractivity contribution in [1.82, 2.24) is 0 Å². The van der Waals surface area contributed by atoms with Gasteiger partial charge in [-0.3, -0.25) is 14.4 Å². The SMILES string of the molecule is CC/C=C\C/C=C\C/C=C\C/C=C\CCCCCCCCC(=O)OCC(COC(=O)CCCCCC/C=C\CCCC)OC(=O)CCCCCC/C=C\CCCC. The number of unbranched alkanes of at least 4 members (excludes halogenated alkanes) is 18. The highest BCUT2D eigenvalue weighted by molar-refractivity contribution is 5.71. The highest BCUT2D eigenvalue weighted by Crippen LogP contribution is 2.13. The lowest BCUT2D eigenvalue weighted by atomic mass is 10.1. The minimum absolute atomic E-state index is 0.0916. The maximum atomic E-state index is 12.7. The highest BCUT2D eigenvalue weighted by atomic mass is 16.6. The second kappa shape index (κ2) is 45.6. The monoisotopic (exact) mass is 795 g/mol. The van der Waals surface area contributed by atoms with Gasteiger partial charge in [0.25, 0.3) is 0 Å². The summed E-state index contributed by atoms with van der Waals surface area (Å²) < 4.78 is 16.7. The lowest BCUT2D eigenvalue weighted by Crippen LogP contribution is -2.30. The number of esters is 3. The van der Waals surface area contributed by atoms with Crippen molar-refractivity contribution < 1.29 is 28.6 Å². The van der Waals surface area contributed by atoms with Crippen molar-refractivity contribution in [3.05, 3.63) is 72.9 Å². The fourth-order valence-corrected chi connectivity index (χ4v) is 6.10. The van der Waals surface area contributed by atoms with Crippen LogP contribution in [0.15, 0.2) is 72.9 Å². The van der Waals surface area contributed by atoms with Gasteiger partial charge in [0.1, 0.15) is 13.2 Å². The molecule has 1 unspecified atom stereocenters. The molecule has 0 aromatic heterocycles. The number of carbonyl (C=O) groups is 3. The summed E-state index contributed by atoms with van der Waals surface area (Å²) in [6.07, 6.45) is 56.0. The zero-order chi connectivity index (χ0) is 41.5. The summed E-state index contributed by atoms with van der Waals surface area (Å²) >= 11 is 0. The molecule has 0 saturated carbocycles. The van der Waals surface area contributed by atoms with Crippen molar-refractivity contribution in [2.24, 2.45) is 0 Å². The Bertz CT molecular complexity index is 1100. The number of allylic oxidation sites excluding steroid dienone is 12. The molecule has 0 radical (unpaired) electrons. The molecule has 326 valence electrons. The Morgan fingerprint density at radius 2 is 0.684 bits per heavy atom. The first-order chi connectivity index (χ1) is 28.0. The number of hydrogen-bond donors (Lipinski definition) is 0. The molecule has 0 amide bonds. The van der Waals surface area contributed by atoms with Crippen LogP contribution < -0.4 is 0 Å². The van der Waals surface area contributed by atoms with E-state index in [-0.39, 0.29) is 31.1 Å². The van der Waals surface area contributed by atoms with Crippen LogP contribution >= 0.6 is 0 Å². The zero-order valence-electron chi connectivity index (χ0n) is 37.1. The van der Waals surface area contributed by atoms with E-state index in [9.17, 15) is 14.4 Å². The quantitative estimate of drug-likeness (QED) is 0.0265. The molecule has 6 nitrogen and oxygen atoms in total. The highest BCUT2D eigenvalue weighted by Gasteiger charge is 2.19. The van der Waals surface area contributed by atoms with E-state index < -0.39 is 6.10 Å². The maximum Gasteiger partial charge on any atom is 0.306 e. The second-order valence-corrected chi connectivity index (χ2v) is 15.3. The standard InChI is InChI=1S/C51H86O6/c1-4-7-10-13-16-19-22-23-24-25-26-27-28-29-30-33-35-38-41-44-50(53)56-47-48(57-51(54)45-42-39-36-32-21-18-15-12-9-6-3)46-55-49(52)43-40-37-34-31-20-17-14-11-8-5-2/h7,10,14-19,23-24,26-27,48H,4-6,8-9,11-13,20-22,25,28-47H2,1-3H3/b10-7-,17-14-,18-15-,19-16-,24-23-,27-26-. The molecule has 6 heteroatoms. The van der Waals surface area contributed by atoms with Crippen LogP contribution in [0.4, 0.5) is 0 Å². The summed E-state index contributed by atoms with van der Waals surface area (Å²) in [5.74, 6) is -0.938. The van der Waals surface area contributed by atoms with Gasteiger partial charge in [-0.2, -0.15) is 0 Å². The van der Waals surface area contributed by atoms with Crippen molar-refractivity contribution in [2.75, 3.05) is 13.2 Å². The van der Waals surface area contributed by atoms with E-state index in [1.165, 1.54) is 44.9 Å². The normalized spacial score (nSPS) is 12.7. The van der Waals surface area contributed by atoms with Crippen LogP contribution in [0.2, 0.25) is 0 Å². The van der Waals surface area contributed by atoms with Gasteiger partial charge in [-0.05, 0) is 96.3 Å². The van der Waals surface area contributed by atoms with E-state index in [1.54, 1.807) is 0 Å². The van der Waals surface area contributed by atoms with Crippen LogP contribution in [0.3, 0.4) is 0 Å². The van der Waals surface area contributed by atoms with Crippen LogP contribution in [0.1, 0.15) is 213 Å². The van der Waals surface area contributed by atoms with Gasteiger partial charge in [0.05, 0.1) is 0 Å². The third-order valence-corrected chi connectivity index (χ3v) is 9.66. The van der Waals surface area contributed by atoms with E-state index >= 15 is 0 Å². The topological polar surface area (TPSA) is 78.9 Å². The number of carbonyl (C=O) groups excluding carboxylic acids is 3. The summed E-state index contributed by atoms with van der Waals surface area (Å²) in [5, 5.41) is 0. The van der Waals surface area contributed by atoms with Crippen molar-refractivity contribution >= 4 is 17.9 Å². The molecule has 0 aliphatic heterocycles. The Balaban J connectivity index is 4.35. The Morgan fingerprint density at radius 3 is 1.09 bits per heavy atom. The molecule has 0 rings (SSSR count). The van der Waals surface area contributed by atoms with E-state index in [0.29, 0.717) is 19.3 Å². The zero-order valence-corrected chi connectivity index (χ0v) is 37.1. The van der Waals surface area contributed by atoms with Crippen LogP contribution in [-0.4, -0.2) is 37.2 Å². The average Bonchev–Trinajstić information content (AvgIpc) is 3.21. The van der Waals surface area contributed by atoms with Crippen LogP contribution in [0.5, 0.6) is 0 Å². The van der Waals surface area contributed by atoms with Gasteiger partial charge >= 0.3 is 17.9 Å². The molecule has 57 heavy (non-hydrogen) atoms. The van der Waals surface area contributed by atoms with E-state index in [4.69, 9.17) is 14.2 Å². The van der Waals surface area contributed by atoms with Crippen LogP contribution in [0.25, 0.3) is 0 Å². The van der Waals surface area contributed by atoms with Crippen molar-refractivity contribution in [1.29, 1.82) is 0 Å². The van der Waals surface area contributed by atoms with E-state index in [2.05, 4.69) is 93.7 Å². The number of ether oxygens (including phenoxy) is 3. The van der Waals surface area contributed by atoms with E-state index in [1.807, 2.05) is 0 Å². The average molecular weight is 795 g/mol. The minimum Gasteiger partial charge on any atom is -0.462 e. The Morgan fingerprint density at radius 1 is 0.368 bits per heavy atom. The molecule has 0 aliphatic rings. The van der Waals surface area contributed by atoms with Gasteiger partial charge in [-0.25, -0.2) is 0 Å². The largest absolute Gasteiger partial charge is 0.462 e. The molecular formula is C51H86O6. The first-order valence-electron chi connectivity index (χ1n) is 23.4. The summed E-state index contributed by atoms with van der Waals surface area (Å²) in [6.45, 7) is 6.39. The Hall–Kier alpha value is -3.15. The summed E-state index contributed by atoms with van der Waals surface area (Å²) in [6, 6.07) is 0. The third-order valence-electron chi connectivity index (χ3n) is 9.66. The predicted molar refractivity (Wildman–Crippen MR) is 242 cm³/mol. The number of hydrogen-bond acceptors (Lipinski definition) is 6. The first-order valence-corrected chi connectivity index (χ1v) is 23.4. The van der Waals surface area contributed by atoms with Gasteiger partial charge in [-0.1, -0.05) is 171 Å². The maximum absolute atomic E-state index is 12.7. The lowest BCUT2D eigenvalue weighted by molar-refractivity contribution is -0.167. The molecule has 0 fully saturated rings. The fraction of sp³-hybridized carbons (Fsp3) is 0.706. The van der Waals surface area contributed by atoms with Gasteiger partial charge in [0.15, 0.2) is 6.10 Å².